The maximum absolute atomic E-state index is 13.5. The number of likely N-dealkylation sites (tertiary alicyclic amines) is 1. The largest absolute Gasteiger partial charge is 0.344 e. The second kappa shape index (κ2) is 7.33. The zero-order valence-electron chi connectivity index (χ0n) is 14.6. The number of nitrogens with one attached hydrogen (secondary N) is 1. The highest BCUT2D eigenvalue weighted by atomic mass is 19.3. The molecule has 3 N–H and O–H groups in total. The number of halogens is 2. The van der Waals surface area contributed by atoms with Crippen LogP contribution in [-0.4, -0.2) is 48.3 Å². The van der Waals surface area contributed by atoms with Crippen LogP contribution in [0.5, 0.6) is 0 Å². The van der Waals surface area contributed by atoms with Crippen molar-refractivity contribution in [2.45, 2.75) is 64.3 Å². The summed E-state index contributed by atoms with van der Waals surface area (Å²) >= 11 is 0. The van der Waals surface area contributed by atoms with Crippen LogP contribution in [0.1, 0.15) is 52.4 Å². The Balaban J connectivity index is 1.85. The minimum absolute atomic E-state index is 0.0607. The van der Waals surface area contributed by atoms with Gasteiger partial charge in [-0.2, -0.15) is 0 Å². The van der Waals surface area contributed by atoms with Gasteiger partial charge < -0.3 is 16.0 Å². The van der Waals surface area contributed by atoms with E-state index in [4.69, 9.17) is 5.73 Å². The van der Waals surface area contributed by atoms with E-state index in [9.17, 15) is 18.4 Å². The molecular weight excluding hydrogens is 316 g/mol. The molecule has 2 amide bonds. The van der Waals surface area contributed by atoms with Crippen molar-refractivity contribution in [1.29, 1.82) is 0 Å². The van der Waals surface area contributed by atoms with Crippen molar-refractivity contribution in [2.75, 3.05) is 19.6 Å². The van der Waals surface area contributed by atoms with E-state index in [2.05, 4.69) is 5.32 Å². The summed E-state index contributed by atoms with van der Waals surface area (Å²) < 4.78 is 27.0. The number of carbonyl (C=O) groups is 2. The molecule has 2 rings (SSSR count). The Labute approximate surface area is 142 Å². The molecule has 138 valence electrons. The normalized spacial score (nSPS) is 23.5. The average Bonchev–Trinajstić information content (AvgIpc) is 2.81. The standard InChI is InChI=1S/C17H29F2N3O2/c1-12(2)9-13(10-20)21-14(23)15(24)22-7-5-16(6-8-22)3-4-17(18,19)11-16/h12-13H,3-11,20H2,1-2H3,(H,21,23). The van der Waals surface area contributed by atoms with E-state index in [0.717, 1.165) is 0 Å². The van der Waals surface area contributed by atoms with Crippen molar-refractivity contribution < 1.29 is 18.4 Å². The lowest BCUT2D eigenvalue weighted by atomic mass is 9.77. The Kier molecular flexibility index (Phi) is 5.83. The van der Waals surface area contributed by atoms with Crippen LogP contribution in [0.2, 0.25) is 0 Å². The number of carbonyl (C=O) groups excluding carboxylic acids is 2. The van der Waals surface area contributed by atoms with E-state index in [1.165, 1.54) is 4.90 Å². The maximum atomic E-state index is 13.5. The third-order valence-electron chi connectivity index (χ3n) is 5.34. The number of amides is 2. The lowest BCUT2D eigenvalue weighted by Gasteiger charge is -2.39. The molecule has 0 aromatic heterocycles. The van der Waals surface area contributed by atoms with Crippen LogP contribution >= 0.6 is 0 Å². The molecule has 1 heterocycles. The predicted octanol–water partition coefficient (Wildman–Crippen LogP) is 1.90. The highest BCUT2D eigenvalue weighted by Crippen LogP contribution is 2.52. The quantitative estimate of drug-likeness (QED) is 0.764. The van der Waals surface area contributed by atoms with Crippen LogP contribution in [0.4, 0.5) is 8.78 Å². The van der Waals surface area contributed by atoms with Gasteiger partial charge in [-0.05, 0) is 37.0 Å². The fourth-order valence-electron chi connectivity index (χ4n) is 3.96. The van der Waals surface area contributed by atoms with Crippen LogP contribution in [0, 0.1) is 11.3 Å². The van der Waals surface area contributed by atoms with Crippen LogP contribution in [0.3, 0.4) is 0 Å². The monoisotopic (exact) mass is 345 g/mol. The van der Waals surface area contributed by atoms with Crippen molar-refractivity contribution in [1.82, 2.24) is 10.2 Å². The molecular formula is C17H29F2N3O2. The Morgan fingerprint density at radius 3 is 2.25 bits per heavy atom. The third-order valence-corrected chi connectivity index (χ3v) is 5.34. The van der Waals surface area contributed by atoms with Gasteiger partial charge in [-0.25, -0.2) is 8.78 Å². The van der Waals surface area contributed by atoms with Crippen molar-refractivity contribution in [3.63, 3.8) is 0 Å². The number of hydrogen-bond donors (Lipinski definition) is 2. The van der Waals surface area contributed by atoms with Crippen molar-refractivity contribution >= 4 is 11.8 Å². The van der Waals surface area contributed by atoms with Crippen LogP contribution in [0.15, 0.2) is 0 Å². The number of alkyl halides is 2. The summed E-state index contributed by atoms with van der Waals surface area (Å²) in [6.07, 6.45) is 2.18. The van der Waals surface area contributed by atoms with Gasteiger partial charge in [0.2, 0.25) is 5.92 Å². The molecule has 1 spiro atoms. The van der Waals surface area contributed by atoms with Crippen molar-refractivity contribution in [3.05, 3.63) is 0 Å². The first kappa shape index (κ1) is 19.1. The molecule has 0 aromatic rings. The van der Waals surface area contributed by atoms with Crippen LogP contribution in [0.25, 0.3) is 0 Å². The zero-order chi connectivity index (χ0) is 18.0. The van der Waals surface area contributed by atoms with Crippen molar-refractivity contribution in [2.24, 2.45) is 17.1 Å². The second-order valence-electron chi connectivity index (χ2n) is 7.86. The highest BCUT2D eigenvalue weighted by Gasteiger charge is 2.50. The van der Waals surface area contributed by atoms with Gasteiger partial charge in [-0.1, -0.05) is 13.8 Å². The molecule has 1 saturated carbocycles. The molecule has 0 aromatic carbocycles. The molecule has 0 radical (unpaired) electrons. The van der Waals surface area contributed by atoms with E-state index in [-0.39, 0.29) is 30.8 Å². The van der Waals surface area contributed by atoms with Crippen LogP contribution in [-0.2, 0) is 9.59 Å². The molecule has 2 fully saturated rings. The van der Waals surface area contributed by atoms with E-state index in [1.807, 2.05) is 13.8 Å². The number of piperidine rings is 1. The summed E-state index contributed by atoms with van der Waals surface area (Å²) in [5.41, 5.74) is 5.29. The molecule has 7 heteroatoms. The summed E-state index contributed by atoms with van der Waals surface area (Å²) in [5.74, 6) is -3.42. The minimum Gasteiger partial charge on any atom is -0.344 e. The van der Waals surface area contributed by atoms with E-state index in [0.29, 0.717) is 44.7 Å². The van der Waals surface area contributed by atoms with Crippen molar-refractivity contribution in [3.8, 4) is 0 Å². The molecule has 1 saturated heterocycles. The maximum Gasteiger partial charge on any atom is 0.311 e. The first-order chi connectivity index (χ1) is 11.2. The molecule has 1 atom stereocenters. The number of rotatable bonds is 4. The molecule has 2 aliphatic rings. The van der Waals surface area contributed by atoms with Gasteiger partial charge in [0, 0.05) is 38.5 Å². The molecule has 1 aliphatic heterocycles. The van der Waals surface area contributed by atoms with Gasteiger partial charge in [0.25, 0.3) is 0 Å². The molecule has 0 bridgehead atoms. The van der Waals surface area contributed by atoms with Gasteiger partial charge in [0.1, 0.15) is 0 Å². The van der Waals surface area contributed by atoms with Gasteiger partial charge >= 0.3 is 11.8 Å². The molecule has 5 nitrogen and oxygen atoms in total. The lowest BCUT2D eigenvalue weighted by molar-refractivity contribution is -0.148. The molecule has 24 heavy (non-hydrogen) atoms. The smallest absolute Gasteiger partial charge is 0.311 e. The van der Waals surface area contributed by atoms with Crippen LogP contribution < -0.4 is 11.1 Å². The van der Waals surface area contributed by atoms with E-state index >= 15 is 0 Å². The average molecular weight is 345 g/mol. The summed E-state index contributed by atoms with van der Waals surface area (Å²) in [6, 6.07) is -0.217. The Bertz CT molecular complexity index is 474. The van der Waals surface area contributed by atoms with E-state index < -0.39 is 17.7 Å². The third kappa shape index (κ3) is 4.65. The predicted molar refractivity (Wildman–Crippen MR) is 87.5 cm³/mol. The fraction of sp³-hybridized carbons (Fsp3) is 0.882. The zero-order valence-corrected chi connectivity index (χ0v) is 14.6. The molecule has 1 aliphatic carbocycles. The summed E-state index contributed by atoms with van der Waals surface area (Å²) in [6.45, 7) is 5.09. The first-order valence-electron chi connectivity index (χ1n) is 8.84. The highest BCUT2D eigenvalue weighted by molar-refractivity contribution is 6.35. The Morgan fingerprint density at radius 1 is 1.17 bits per heavy atom. The second-order valence-corrected chi connectivity index (χ2v) is 7.86. The minimum atomic E-state index is -2.57. The Hall–Kier alpha value is -1.24. The lowest BCUT2D eigenvalue weighted by Crippen LogP contribution is -2.51. The number of nitrogens with zero attached hydrogens (tertiary/aromatic N) is 1. The van der Waals surface area contributed by atoms with Gasteiger partial charge in [0.15, 0.2) is 0 Å². The first-order valence-corrected chi connectivity index (χ1v) is 8.84. The molecule has 1 unspecified atom stereocenters. The van der Waals surface area contributed by atoms with E-state index in [1.54, 1.807) is 0 Å². The topological polar surface area (TPSA) is 75.4 Å². The Morgan fingerprint density at radius 2 is 1.79 bits per heavy atom. The number of nitrogens with two attached hydrogens (primary N) is 1. The number of hydrogen-bond acceptors (Lipinski definition) is 3. The fourth-order valence-corrected chi connectivity index (χ4v) is 3.96. The summed E-state index contributed by atoms with van der Waals surface area (Å²) in [4.78, 5) is 25.9. The summed E-state index contributed by atoms with van der Waals surface area (Å²) in [7, 11) is 0. The SMILES string of the molecule is CC(C)CC(CN)NC(=O)C(=O)N1CCC2(CC1)CCC(F)(F)C2. The van der Waals surface area contributed by atoms with Gasteiger partial charge in [0.05, 0.1) is 0 Å². The summed E-state index contributed by atoms with van der Waals surface area (Å²) in [5, 5.41) is 2.69. The van der Waals surface area contributed by atoms with Gasteiger partial charge in [-0.3, -0.25) is 9.59 Å². The van der Waals surface area contributed by atoms with Gasteiger partial charge in [-0.15, -0.1) is 0 Å².